The number of hydrogen-bond donors (Lipinski definition) is 2. The van der Waals surface area contributed by atoms with Crippen molar-refractivity contribution in [2.45, 2.75) is 109 Å². The third-order valence-electron chi connectivity index (χ3n) is 13.8. The van der Waals surface area contributed by atoms with Gasteiger partial charge in [0.2, 0.25) is 11.8 Å². The van der Waals surface area contributed by atoms with Crippen LogP contribution >= 0.6 is 0 Å². The monoisotopic (exact) mass is 878 g/mol. The van der Waals surface area contributed by atoms with E-state index in [9.17, 15) is 32.8 Å². The number of piperidine rings is 2. The van der Waals surface area contributed by atoms with Crippen LogP contribution in [0.25, 0.3) is 11.1 Å². The van der Waals surface area contributed by atoms with E-state index in [2.05, 4.69) is 30.2 Å². The number of nitrogens with one attached hydrogen (secondary N) is 2. The molecule has 0 saturated carbocycles. The van der Waals surface area contributed by atoms with Crippen molar-refractivity contribution in [2.24, 2.45) is 7.05 Å². The number of aromatic nitrogens is 4. The Morgan fingerprint density at radius 3 is 2.47 bits per heavy atom. The zero-order chi connectivity index (χ0) is 44.6. The van der Waals surface area contributed by atoms with Crippen molar-refractivity contribution in [3.8, 4) is 11.1 Å². The molecule has 6 amide bonds. The van der Waals surface area contributed by atoms with Gasteiger partial charge < -0.3 is 20.0 Å². The summed E-state index contributed by atoms with van der Waals surface area (Å²) in [6.45, 7) is 4.52. The van der Waals surface area contributed by atoms with Crippen molar-refractivity contribution < 1.29 is 32.8 Å². The number of hydrogen-bond acceptors (Lipinski definition) is 9. The fourth-order valence-corrected chi connectivity index (χ4v) is 10.5. The standard InChI is InChI=1S/C47H56F2N10O5/c1-50-47(64)56-23-18-37-36(28-56)43(57-20-9-12-30-24-34(31-26-51-54(2)27-31)35(42(48)49)25-39(30)57)53-59(37)32-16-21-55(22-17-32)19-7-5-3-4-6-10-29-11-8-13-33-41(29)46(63)58(45(33)62)38-14-15-40(60)52-44(38)61/h8,11,13,24-27,32,38,42H,3-7,9-10,12,14-23,28H2,1-2H3,(H,50,64)(H,52,60,61). The van der Waals surface area contributed by atoms with Gasteiger partial charge in [0, 0.05) is 87.4 Å². The van der Waals surface area contributed by atoms with Gasteiger partial charge in [-0.2, -0.15) is 10.2 Å². The Morgan fingerprint density at radius 2 is 1.72 bits per heavy atom. The topological polar surface area (TPSA) is 158 Å². The number of imide groups is 2. The smallest absolute Gasteiger partial charge is 0.317 e. The highest BCUT2D eigenvalue weighted by atomic mass is 19.3. The minimum atomic E-state index is -2.67. The number of unbranched alkanes of at least 4 members (excludes halogenated alkanes) is 4. The zero-order valence-corrected chi connectivity index (χ0v) is 36.6. The number of carbonyl (C=O) groups excluding carboxylic acids is 5. The first-order valence-electron chi connectivity index (χ1n) is 22.8. The normalized spacial score (nSPS) is 19.3. The van der Waals surface area contributed by atoms with Crippen molar-refractivity contribution in [2.75, 3.05) is 44.7 Å². The molecule has 2 N–H and O–H groups in total. The fourth-order valence-electron chi connectivity index (χ4n) is 10.5. The molecule has 1 atom stereocenters. The number of halogens is 2. The van der Waals surface area contributed by atoms with E-state index in [4.69, 9.17) is 5.10 Å². The Kier molecular flexibility index (Phi) is 12.3. The van der Waals surface area contributed by atoms with Crippen LogP contribution in [0.1, 0.15) is 125 Å². The lowest BCUT2D eigenvalue weighted by atomic mass is 9.92. The third-order valence-corrected chi connectivity index (χ3v) is 13.8. The molecular formula is C47H56F2N10O5. The summed E-state index contributed by atoms with van der Waals surface area (Å²) in [5.74, 6) is -1.17. The molecule has 0 bridgehead atoms. The maximum absolute atomic E-state index is 14.7. The first-order chi connectivity index (χ1) is 31.0. The molecule has 9 rings (SSSR count). The summed E-state index contributed by atoms with van der Waals surface area (Å²) in [7, 11) is 3.41. The van der Waals surface area contributed by atoms with E-state index in [0.717, 1.165) is 116 Å². The molecule has 64 heavy (non-hydrogen) atoms. The van der Waals surface area contributed by atoms with Crippen LogP contribution in [-0.2, 0) is 42.4 Å². The van der Waals surface area contributed by atoms with Crippen LogP contribution in [0.2, 0.25) is 0 Å². The van der Waals surface area contributed by atoms with Gasteiger partial charge in [0.05, 0.1) is 29.9 Å². The molecule has 5 aliphatic rings. The first kappa shape index (κ1) is 43.3. The summed E-state index contributed by atoms with van der Waals surface area (Å²) in [6.07, 6.45) is 10.9. The second-order valence-electron chi connectivity index (χ2n) is 17.8. The lowest BCUT2D eigenvalue weighted by molar-refractivity contribution is -0.136. The molecule has 4 aromatic rings. The lowest BCUT2D eigenvalue weighted by Crippen LogP contribution is -2.54. The first-order valence-corrected chi connectivity index (χ1v) is 22.8. The Labute approximate surface area is 371 Å². The molecule has 5 aliphatic heterocycles. The number of nitrogens with zero attached hydrogens (tertiary/aromatic N) is 8. The van der Waals surface area contributed by atoms with E-state index in [0.29, 0.717) is 54.7 Å². The highest BCUT2D eigenvalue weighted by Crippen LogP contribution is 2.44. The summed E-state index contributed by atoms with van der Waals surface area (Å²) in [6, 6.07) is 7.93. The van der Waals surface area contributed by atoms with Crippen molar-refractivity contribution in [1.82, 2.24) is 44.9 Å². The molecule has 7 heterocycles. The fraction of sp³-hybridized carbons (Fsp3) is 0.511. The van der Waals surface area contributed by atoms with Crippen LogP contribution in [0.3, 0.4) is 0 Å². The molecule has 0 aliphatic carbocycles. The largest absolute Gasteiger partial charge is 0.341 e. The number of urea groups is 1. The van der Waals surface area contributed by atoms with Crippen LogP contribution < -0.4 is 15.5 Å². The molecule has 2 aromatic heterocycles. The van der Waals surface area contributed by atoms with Gasteiger partial charge in [-0.25, -0.2) is 13.6 Å². The highest BCUT2D eigenvalue weighted by Gasteiger charge is 2.45. The van der Waals surface area contributed by atoms with E-state index in [1.807, 2.05) is 12.1 Å². The SMILES string of the molecule is CNC(=O)N1CCc2c(c(N3CCCc4cc(-c5cnn(C)c5)c(C(F)F)cc43)nn2C2CCN(CCCCCCCc3cccc4c3C(=O)N(C3CCC(=O)NC3=O)C4=O)CC2)C1. The minimum Gasteiger partial charge on any atom is -0.341 e. The van der Waals surface area contributed by atoms with Crippen molar-refractivity contribution in [1.29, 1.82) is 0 Å². The number of alkyl halides is 2. The number of benzene rings is 2. The Balaban J connectivity index is 0.806. The second-order valence-corrected chi connectivity index (χ2v) is 17.8. The van der Waals surface area contributed by atoms with E-state index >= 15 is 0 Å². The third kappa shape index (κ3) is 8.29. The second kappa shape index (κ2) is 18.3. The Hall–Kier alpha value is -5.97. The van der Waals surface area contributed by atoms with Gasteiger partial charge >= 0.3 is 6.03 Å². The number of rotatable bonds is 13. The van der Waals surface area contributed by atoms with Crippen molar-refractivity contribution >= 4 is 41.2 Å². The predicted octanol–water partition coefficient (Wildman–Crippen LogP) is 6.23. The molecule has 2 aromatic carbocycles. The lowest BCUT2D eigenvalue weighted by Gasteiger charge is -2.34. The van der Waals surface area contributed by atoms with E-state index in [-0.39, 0.29) is 30.5 Å². The average Bonchev–Trinajstić information content (AvgIpc) is 3.98. The van der Waals surface area contributed by atoms with E-state index in [1.54, 1.807) is 54.3 Å². The molecule has 2 saturated heterocycles. The van der Waals surface area contributed by atoms with Gasteiger partial charge in [0.1, 0.15) is 6.04 Å². The maximum atomic E-state index is 14.7. The number of fused-ring (bicyclic) bond motifs is 3. The van der Waals surface area contributed by atoms with Gasteiger partial charge in [-0.1, -0.05) is 31.4 Å². The van der Waals surface area contributed by atoms with Crippen LogP contribution in [-0.4, -0.2) is 110 Å². The van der Waals surface area contributed by atoms with Gasteiger partial charge in [0.15, 0.2) is 5.82 Å². The predicted molar refractivity (Wildman–Crippen MR) is 234 cm³/mol. The zero-order valence-electron chi connectivity index (χ0n) is 36.6. The maximum Gasteiger partial charge on any atom is 0.317 e. The molecule has 0 spiro atoms. The van der Waals surface area contributed by atoms with Gasteiger partial charge in [-0.05, 0) is 92.8 Å². The van der Waals surface area contributed by atoms with E-state index < -0.39 is 36.1 Å². The molecule has 2 fully saturated rings. The molecular weight excluding hydrogens is 823 g/mol. The van der Waals surface area contributed by atoms with Crippen molar-refractivity contribution in [3.05, 3.63) is 81.8 Å². The average molecular weight is 879 g/mol. The number of amides is 6. The summed E-state index contributed by atoms with van der Waals surface area (Å²) >= 11 is 0. The molecule has 1 unspecified atom stereocenters. The van der Waals surface area contributed by atoms with Crippen LogP contribution in [0.15, 0.2) is 42.7 Å². The van der Waals surface area contributed by atoms with E-state index in [1.165, 1.54) is 0 Å². The number of aryl methyl sites for hydroxylation is 3. The number of anilines is 2. The quantitative estimate of drug-likeness (QED) is 0.117. The number of likely N-dealkylation sites (tertiary alicyclic amines) is 1. The summed E-state index contributed by atoms with van der Waals surface area (Å²) in [4.78, 5) is 71.2. The molecule has 15 nitrogen and oxygen atoms in total. The van der Waals surface area contributed by atoms with Crippen molar-refractivity contribution in [3.63, 3.8) is 0 Å². The van der Waals surface area contributed by atoms with Gasteiger partial charge in [-0.15, -0.1) is 0 Å². The molecule has 17 heteroatoms. The summed E-state index contributed by atoms with van der Waals surface area (Å²) in [5, 5.41) is 14.6. The minimum absolute atomic E-state index is 0.0283. The Morgan fingerprint density at radius 1 is 0.922 bits per heavy atom. The number of carbonyl (C=O) groups is 5. The van der Waals surface area contributed by atoms with Crippen LogP contribution in [0, 0.1) is 0 Å². The van der Waals surface area contributed by atoms with Gasteiger partial charge in [-0.3, -0.25) is 38.8 Å². The molecule has 0 radical (unpaired) electrons. The van der Waals surface area contributed by atoms with Gasteiger partial charge in [0.25, 0.3) is 18.2 Å². The van der Waals surface area contributed by atoms with Crippen LogP contribution in [0.5, 0.6) is 0 Å². The highest BCUT2D eigenvalue weighted by molar-refractivity contribution is 6.24. The molecule has 338 valence electrons. The Bertz CT molecular complexity index is 2470. The van der Waals surface area contributed by atoms with Crippen LogP contribution in [0.4, 0.5) is 25.1 Å². The summed E-state index contributed by atoms with van der Waals surface area (Å²) < 4.78 is 33.3. The summed E-state index contributed by atoms with van der Waals surface area (Å²) in [5.41, 5.74) is 6.54.